The minimum absolute atomic E-state index is 0.0172. The van der Waals surface area contributed by atoms with Crippen LogP contribution in [0.15, 0.2) is 18.2 Å². The van der Waals surface area contributed by atoms with Gasteiger partial charge in [0, 0.05) is 24.7 Å². The summed E-state index contributed by atoms with van der Waals surface area (Å²) in [6.07, 6.45) is 4.33. The molecule has 1 saturated heterocycles. The van der Waals surface area contributed by atoms with Gasteiger partial charge in [-0.2, -0.15) is 0 Å². The number of ether oxygens (including phenoxy) is 1. The molecule has 1 saturated carbocycles. The topological polar surface area (TPSA) is 105 Å². The smallest absolute Gasteiger partial charge is 0.311 e. The Morgan fingerprint density at radius 3 is 2.43 bits per heavy atom. The van der Waals surface area contributed by atoms with E-state index >= 15 is 0 Å². The normalized spacial score (nSPS) is 19.1. The molecule has 3 rings (SSSR count). The lowest BCUT2D eigenvalue weighted by atomic mass is 10.1. The second-order valence-corrected chi connectivity index (χ2v) is 8.08. The Morgan fingerprint density at radius 2 is 1.77 bits per heavy atom. The van der Waals surface area contributed by atoms with Crippen LogP contribution in [0.1, 0.15) is 43.2 Å². The number of carbonyl (C=O) groups excluding carboxylic acids is 4. The van der Waals surface area contributed by atoms with Crippen LogP contribution < -0.4 is 10.6 Å². The molecule has 0 bridgehead atoms. The molecule has 0 aromatic heterocycles. The number of para-hydroxylation sites is 1. The highest BCUT2D eigenvalue weighted by molar-refractivity contribution is 5.96. The molecule has 8 nitrogen and oxygen atoms in total. The number of nitrogens with zero attached hydrogens (tertiary/aromatic N) is 1. The first kappa shape index (κ1) is 21.8. The van der Waals surface area contributed by atoms with Gasteiger partial charge < -0.3 is 20.3 Å². The lowest BCUT2D eigenvalue weighted by molar-refractivity contribution is -0.152. The number of rotatable bonds is 7. The lowest BCUT2D eigenvalue weighted by Gasteiger charge is -2.23. The molecule has 8 heteroatoms. The summed E-state index contributed by atoms with van der Waals surface area (Å²) in [6, 6.07) is 5.92. The summed E-state index contributed by atoms with van der Waals surface area (Å²) >= 11 is 0. The number of amides is 3. The van der Waals surface area contributed by atoms with E-state index < -0.39 is 24.4 Å². The third kappa shape index (κ3) is 5.37. The molecule has 2 N–H and O–H groups in total. The molecule has 1 heterocycles. The molecule has 0 unspecified atom stereocenters. The summed E-state index contributed by atoms with van der Waals surface area (Å²) in [6.45, 7) is 3.46. The van der Waals surface area contributed by atoms with Crippen molar-refractivity contribution in [3.05, 3.63) is 29.3 Å². The number of hydrogen-bond acceptors (Lipinski definition) is 5. The fourth-order valence-electron chi connectivity index (χ4n) is 4.14. The Bertz CT molecular complexity index is 812. The number of aryl methyl sites for hydroxylation is 2. The predicted octanol–water partition coefficient (Wildman–Crippen LogP) is 1.69. The zero-order valence-electron chi connectivity index (χ0n) is 17.5. The van der Waals surface area contributed by atoms with Crippen molar-refractivity contribution >= 4 is 29.4 Å². The van der Waals surface area contributed by atoms with Crippen LogP contribution in [0, 0.1) is 19.8 Å². The van der Waals surface area contributed by atoms with Gasteiger partial charge >= 0.3 is 5.97 Å². The number of hydrogen-bond donors (Lipinski definition) is 2. The Balaban J connectivity index is 1.38. The van der Waals surface area contributed by atoms with Crippen LogP contribution in [-0.4, -0.2) is 54.3 Å². The average molecular weight is 415 g/mol. The van der Waals surface area contributed by atoms with E-state index in [1.807, 2.05) is 32.0 Å². The summed E-state index contributed by atoms with van der Waals surface area (Å²) in [5, 5.41) is 5.22. The van der Waals surface area contributed by atoms with Crippen molar-refractivity contribution in [3.63, 3.8) is 0 Å². The van der Waals surface area contributed by atoms with Gasteiger partial charge in [0.05, 0.1) is 12.5 Å². The number of likely N-dealkylation sites (tertiary alicyclic amines) is 1. The molecular formula is C22H29N3O5. The Kier molecular flexibility index (Phi) is 7.07. The second kappa shape index (κ2) is 9.73. The average Bonchev–Trinajstić information content (AvgIpc) is 3.37. The van der Waals surface area contributed by atoms with E-state index in [0.717, 1.165) is 42.5 Å². The van der Waals surface area contributed by atoms with E-state index in [1.54, 1.807) is 4.90 Å². The number of carbonyl (C=O) groups is 4. The lowest BCUT2D eigenvalue weighted by Crippen LogP contribution is -2.37. The SMILES string of the molecule is Cc1cccc(C)c1NC(=O)CNC(=O)COC(=O)[C@@H]1CC(=O)N(C2CCCC2)C1. The van der Waals surface area contributed by atoms with Crippen LogP contribution in [0.3, 0.4) is 0 Å². The molecule has 1 aromatic rings. The molecule has 2 fully saturated rings. The largest absolute Gasteiger partial charge is 0.455 e. The van der Waals surface area contributed by atoms with Crippen LogP contribution in [0.5, 0.6) is 0 Å². The van der Waals surface area contributed by atoms with Gasteiger partial charge in [-0.25, -0.2) is 0 Å². The molecule has 30 heavy (non-hydrogen) atoms. The summed E-state index contributed by atoms with van der Waals surface area (Å²) in [4.78, 5) is 50.3. The molecule has 1 atom stereocenters. The minimum Gasteiger partial charge on any atom is -0.455 e. The van der Waals surface area contributed by atoms with Crippen LogP contribution >= 0.6 is 0 Å². The zero-order chi connectivity index (χ0) is 21.7. The first-order valence-electron chi connectivity index (χ1n) is 10.4. The molecule has 1 aliphatic heterocycles. The third-order valence-corrected chi connectivity index (χ3v) is 5.79. The van der Waals surface area contributed by atoms with E-state index in [0.29, 0.717) is 6.54 Å². The van der Waals surface area contributed by atoms with Gasteiger partial charge in [0.1, 0.15) is 0 Å². The van der Waals surface area contributed by atoms with Crippen molar-refractivity contribution in [2.24, 2.45) is 5.92 Å². The van der Waals surface area contributed by atoms with Gasteiger partial charge in [0.15, 0.2) is 6.61 Å². The third-order valence-electron chi connectivity index (χ3n) is 5.79. The van der Waals surface area contributed by atoms with E-state index in [4.69, 9.17) is 4.74 Å². The van der Waals surface area contributed by atoms with E-state index in [2.05, 4.69) is 10.6 Å². The number of nitrogens with one attached hydrogen (secondary N) is 2. The van der Waals surface area contributed by atoms with Gasteiger partial charge in [0.2, 0.25) is 11.8 Å². The first-order valence-corrected chi connectivity index (χ1v) is 10.4. The van der Waals surface area contributed by atoms with Crippen LogP contribution in [0.25, 0.3) is 0 Å². The minimum atomic E-state index is -0.558. The zero-order valence-corrected chi connectivity index (χ0v) is 17.5. The first-order chi connectivity index (χ1) is 14.3. The van der Waals surface area contributed by atoms with E-state index in [-0.39, 0.29) is 30.8 Å². The van der Waals surface area contributed by atoms with Crippen molar-refractivity contribution in [2.75, 3.05) is 25.0 Å². The Hall–Kier alpha value is -2.90. The highest BCUT2D eigenvalue weighted by atomic mass is 16.5. The van der Waals surface area contributed by atoms with E-state index in [9.17, 15) is 19.2 Å². The number of benzene rings is 1. The highest BCUT2D eigenvalue weighted by Gasteiger charge is 2.39. The summed E-state index contributed by atoms with van der Waals surface area (Å²) in [7, 11) is 0. The van der Waals surface area contributed by atoms with Crippen LogP contribution in [0.2, 0.25) is 0 Å². The van der Waals surface area contributed by atoms with Crippen molar-refractivity contribution in [2.45, 2.75) is 52.0 Å². The Morgan fingerprint density at radius 1 is 1.10 bits per heavy atom. The summed E-state index contributed by atoms with van der Waals surface area (Å²) in [5.41, 5.74) is 2.59. The monoisotopic (exact) mass is 415 g/mol. The van der Waals surface area contributed by atoms with Gasteiger partial charge in [-0.3, -0.25) is 19.2 Å². The molecule has 1 aliphatic carbocycles. The fraction of sp³-hybridized carbons (Fsp3) is 0.545. The Labute approximate surface area is 176 Å². The van der Waals surface area contributed by atoms with Gasteiger partial charge in [-0.1, -0.05) is 31.0 Å². The van der Waals surface area contributed by atoms with Crippen molar-refractivity contribution in [1.29, 1.82) is 0 Å². The molecular weight excluding hydrogens is 386 g/mol. The molecule has 0 radical (unpaired) electrons. The van der Waals surface area contributed by atoms with Gasteiger partial charge in [-0.15, -0.1) is 0 Å². The number of anilines is 1. The predicted molar refractivity (Wildman–Crippen MR) is 111 cm³/mol. The van der Waals surface area contributed by atoms with Crippen molar-refractivity contribution in [1.82, 2.24) is 10.2 Å². The molecule has 1 aromatic carbocycles. The fourth-order valence-corrected chi connectivity index (χ4v) is 4.14. The maximum Gasteiger partial charge on any atom is 0.311 e. The van der Waals surface area contributed by atoms with Crippen LogP contribution in [0.4, 0.5) is 5.69 Å². The molecule has 162 valence electrons. The van der Waals surface area contributed by atoms with Crippen molar-refractivity contribution in [3.8, 4) is 0 Å². The van der Waals surface area contributed by atoms with Gasteiger partial charge in [-0.05, 0) is 37.8 Å². The summed E-state index contributed by atoms with van der Waals surface area (Å²) < 4.78 is 5.07. The quantitative estimate of drug-likeness (QED) is 0.660. The summed E-state index contributed by atoms with van der Waals surface area (Å²) in [5.74, 6) is -2.01. The maximum atomic E-state index is 12.2. The molecule has 3 amide bonds. The highest BCUT2D eigenvalue weighted by Crippen LogP contribution is 2.29. The van der Waals surface area contributed by atoms with Gasteiger partial charge in [0.25, 0.3) is 5.91 Å². The van der Waals surface area contributed by atoms with Crippen LogP contribution in [-0.2, 0) is 23.9 Å². The standard InChI is InChI=1S/C22H29N3O5/c1-14-6-5-7-15(2)21(14)24-18(26)11-23-19(27)13-30-22(29)16-10-20(28)25(12-16)17-8-3-4-9-17/h5-7,16-17H,3-4,8-13H2,1-2H3,(H,23,27)(H,24,26)/t16-/m1/s1. The van der Waals surface area contributed by atoms with Crippen molar-refractivity contribution < 1.29 is 23.9 Å². The maximum absolute atomic E-state index is 12.2. The second-order valence-electron chi connectivity index (χ2n) is 8.08. The molecule has 0 spiro atoms. The number of esters is 1. The van der Waals surface area contributed by atoms with E-state index in [1.165, 1.54) is 0 Å². The molecule has 2 aliphatic rings.